The average molecular weight is 161 g/mol. The Morgan fingerprint density at radius 3 is 2.58 bits per heavy atom. The van der Waals surface area contributed by atoms with E-state index in [4.69, 9.17) is 0 Å². The van der Waals surface area contributed by atoms with Crippen LogP contribution in [0.1, 0.15) is 26.3 Å². The van der Waals surface area contributed by atoms with Crippen LogP contribution in [0.5, 0.6) is 0 Å². The summed E-state index contributed by atoms with van der Waals surface area (Å²) in [5.74, 6) is 0. The van der Waals surface area contributed by atoms with Gasteiger partial charge in [-0.05, 0) is 18.6 Å². The van der Waals surface area contributed by atoms with Crippen molar-refractivity contribution >= 4 is 5.69 Å². The highest BCUT2D eigenvalue weighted by Crippen LogP contribution is 2.39. The van der Waals surface area contributed by atoms with Gasteiger partial charge in [-0.25, -0.2) is 0 Å². The highest BCUT2D eigenvalue weighted by Gasteiger charge is 2.35. The Morgan fingerprint density at radius 1 is 1.25 bits per heavy atom. The molecule has 0 spiro atoms. The molecule has 0 aromatic heterocycles. The van der Waals surface area contributed by atoms with Crippen LogP contribution in [0.4, 0.5) is 5.69 Å². The van der Waals surface area contributed by atoms with E-state index in [9.17, 15) is 0 Å². The molecule has 0 amide bonds. The minimum Gasteiger partial charge on any atom is -0.381 e. The van der Waals surface area contributed by atoms with E-state index in [1.807, 2.05) is 0 Å². The van der Waals surface area contributed by atoms with Crippen LogP contribution in [-0.2, 0) is 5.41 Å². The monoisotopic (exact) mass is 161 g/mol. The van der Waals surface area contributed by atoms with Gasteiger partial charge >= 0.3 is 0 Å². The lowest BCUT2D eigenvalue weighted by Crippen LogP contribution is -2.29. The predicted molar refractivity (Wildman–Crippen MR) is 52.6 cm³/mol. The molecule has 1 N–H and O–H groups in total. The van der Waals surface area contributed by atoms with Gasteiger partial charge in [0, 0.05) is 17.1 Å². The Morgan fingerprint density at radius 2 is 1.92 bits per heavy atom. The lowest BCUT2D eigenvalue weighted by molar-refractivity contribution is 0.486. The molecule has 64 valence electrons. The molecule has 2 rings (SSSR count). The fourth-order valence-electron chi connectivity index (χ4n) is 1.82. The van der Waals surface area contributed by atoms with E-state index in [2.05, 4.69) is 50.4 Å². The summed E-state index contributed by atoms with van der Waals surface area (Å²) in [6, 6.07) is 9.10. The molecule has 0 aliphatic carbocycles. The molecule has 0 fully saturated rings. The van der Waals surface area contributed by atoms with E-state index < -0.39 is 0 Å². The highest BCUT2D eigenvalue weighted by atomic mass is 15.0. The van der Waals surface area contributed by atoms with Crippen molar-refractivity contribution in [2.45, 2.75) is 32.2 Å². The molecular weight excluding hydrogens is 146 g/mol. The molecule has 0 saturated carbocycles. The van der Waals surface area contributed by atoms with E-state index in [1.54, 1.807) is 0 Å². The first-order valence-corrected chi connectivity index (χ1v) is 4.48. The number of anilines is 1. The Labute approximate surface area is 73.8 Å². The van der Waals surface area contributed by atoms with Crippen LogP contribution in [0, 0.1) is 0 Å². The van der Waals surface area contributed by atoms with Crippen LogP contribution in [0.25, 0.3) is 0 Å². The Hall–Kier alpha value is -0.980. The van der Waals surface area contributed by atoms with Gasteiger partial charge in [-0.15, -0.1) is 0 Å². The fourth-order valence-corrected chi connectivity index (χ4v) is 1.82. The second-order valence-electron chi connectivity index (χ2n) is 4.13. The molecule has 0 saturated heterocycles. The van der Waals surface area contributed by atoms with Crippen LogP contribution in [0.3, 0.4) is 0 Å². The van der Waals surface area contributed by atoms with Crippen molar-refractivity contribution in [3.05, 3.63) is 29.8 Å². The third kappa shape index (κ3) is 0.857. The maximum absolute atomic E-state index is 3.49. The van der Waals surface area contributed by atoms with Gasteiger partial charge < -0.3 is 5.32 Å². The molecule has 1 aromatic rings. The molecule has 1 aliphatic heterocycles. The third-order valence-electron chi connectivity index (χ3n) is 3.08. The van der Waals surface area contributed by atoms with Gasteiger partial charge in [-0.1, -0.05) is 32.0 Å². The van der Waals surface area contributed by atoms with E-state index >= 15 is 0 Å². The van der Waals surface area contributed by atoms with Gasteiger partial charge in [0.1, 0.15) is 0 Å². The SMILES string of the molecule is C[C@H]1Nc2ccccc2C1(C)C. The first-order valence-electron chi connectivity index (χ1n) is 4.48. The largest absolute Gasteiger partial charge is 0.381 e. The standard InChI is InChI=1S/C11H15N/c1-8-11(2,3)9-6-4-5-7-10(9)12-8/h4-8,12H,1-3H3/t8-/m1/s1. The van der Waals surface area contributed by atoms with Gasteiger partial charge in [0.15, 0.2) is 0 Å². The molecule has 12 heavy (non-hydrogen) atoms. The summed E-state index contributed by atoms with van der Waals surface area (Å²) in [6.07, 6.45) is 0. The Kier molecular flexibility index (Phi) is 1.44. The molecule has 0 unspecified atom stereocenters. The number of para-hydroxylation sites is 1. The summed E-state index contributed by atoms with van der Waals surface area (Å²) in [5, 5.41) is 3.49. The fraction of sp³-hybridized carbons (Fsp3) is 0.455. The maximum Gasteiger partial charge on any atom is 0.0381 e. The van der Waals surface area contributed by atoms with Crippen molar-refractivity contribution in [2.75, 3.05) is 5.32 Å². The van der Waals surface area contributed by atoms with E-state index in [0.717, 1.165) is 0 Å². The molecule has 1 nitrogen and oxygen atoms in total. The van der Waals surface area contributed by atoms with E-state index in [0.29, 0.717) is 6.04 Å². The minimum absolute atomic E-state index is 0.274. The van der Waals surface area contributed by atoms with Crippen molar-refractivity contribution < 1.29 is 0 Å². The number of nitrogens with one attached hydrogen (secondary N) is 1. The topological polar surface area (TPSA) is 12.0 Å². The summed E-state index contributed by atoms with van der Waals surface area (Å²) in [4.78, 5) is 0. The highest BCUT2D eigenvalue weighted by molar-refractivity contribution is 5.61. The number of fused-ring (bicyclic) bond motifs is 1. The predicted octanol–water partition coefficient (Wildman–Crippen LogP) is 2.78. The molecule has 0 radical (unpaired) electrons. The summed E-state index contributed by atoms with van der Waals surface area (Å²) >= 11 is 0. The average Bonchev–Trinajstić information content (AvgIpc) is 2.25. The number of hydrogen-bond donors (Lipinski definition) is 1. The first-order chi connectivity index (χ1) is 5.62. The molecule has 0 bridgehead atoms. The van der Waals surface area contributed by atoms with Crippen molar-refractivity contribution in [3.8, 4) is 0 Å². The third-order valence-corrected chi connectivity index (χ3v) is 3.08. The Bertz CT molecular complexity index is 302. The number of hydrogen-bond acceptors (Lipinski definition) is 1. The number of rotatable bonds is 0. The van der Waals surface area contributed by atoms with Crippen molar-refractivity contribution in [1.82, 2.24) is 0 Å². The summed E-state index contributed by atoms with van der Waals surface area (Å²) in [6.45, 7) is 6.81. The normalized spacial score (nSPS) is 24.8. The van der Waals surface area contributed by atoms with E-state index in [1.165, 1.54) is 11.3 Å². The number of benzene rings is 1. The van der Waals surface area contributed by atoms with Gasteiger partial charge in [0.25, 0.3) is 0 Å². The van der Waals surface area contributed by atoms with Crippen molar-refractivity contribution in [3.63, 3.8) is 0 Å². The molecule has 1 aliphatic rings. The van der Waals surface area contributed by atoms with Crippen LogP contribution in [0.2, 0.25) is 0 Å². The maximum atomic E-state index is 3.49. The van der Waals surface area contributed by atoms with Crippen LogP contribution >= 0.6 is 0 Å². The van der Waals surface area contributed by atoms with Gasteiger partial charge in [-0.3, -0.25) is 0 Å². The van der Waals surface area contributed by atoms with Crippen molar-refractivity contribution in [2.24, 2.45) is 0 Å². The summed E-state index contributed by atoms with van der Waals surface area (Å²) in [5.41, 5.74) is 3.02. The quantitative estimate of drug-likeness (QED) is 0.617. The Balaban J connectivity index is 2.55. The zero-order chi connectivity index (χ0) is 8.77. The zero-order valence-corrected chi connectivity index (χ0v) is 7.89. The molecule has 1 aromatic carbocycles. The second kappa shape index (κ2) is 2.25. The first kappa shape index (κ1) is 7.66. The minimum atomic E-state index is 0.274. The smallest absolute Gasteiger partial charge is 0.0381 e. The lowest BCUT2D eigenvalue weighted by Gasteiger charge is -2.23. The summed E-state index contributed by atoms with van der Waals surface area (Å²) < 4.78 is 0. The van der Waals surface area contributed by atoms with Crippen LogP contribution < -0.4 is 5.32 Å². The van der Waals surface area contributed by atoms with Crippen molar-refractivity contribution in [1.29, 1.82) is 0 Å². The van der Waals surface area contributed by atoms with Gasteiger partial charge in [0.2, 0.25) is 0 Å². The molecule has 1 heteroatoms. The van der Waals surface area contributed by atoms with Gasteiger partial charge in [0.05, 0.1) is 0 Å². The van der Waals surface area contributed by atoms with Crippen LogP contribution in [-0.4, -0.2) is 6.04 Å². The van der Waals surface area contributed by atoms with Gasteiger partial charge in [-0.2, -0.15) is 0 Å². The summed E-state index contributed by atoms with van der Waals surface area (Å²) in [7, 11) is 0. The molecule has 1 heterocycles. The zero-order valence-electron chi connectivity index (χ0n) is 7.89. The molecule has 1 atom stereocenters. The molecular formula is C11H15N. The lowest BCUT2D eigenvalue weighted by atomic mass is 9.81. The van der Waals surface area contributed by atoms with E-state index in [-0.39, 0.29) is 5.41 Å². The van der Waals surface area contributed by atoms with Crippen LogP contribution in [0.15, 0.2) is 24.3 Å². The second-order valence-corrected chi connectivity index (χ2v) is 4.13.